The lowest BCUT2D eigenvalue weighted by molar-refractivity contribution is -0.163. The average Bonchev–Trinajstić information content (AvgIpc) is 2.30. The standard InChI is InChI=1S/C12H17NO2/c1-2-15-11(14)12-5-3-9(4-6-12)10(7-12)8-13/h9-10H,2-7H2,1H3. The third-order valence-electron chi connectivity index (χ3n) is 4.04. The lowest BCUT2D eigenvalue weighted by atomic mass is 9.56. The highest BCUT2D eigenvalue weighted by molar-refractivity contribution is 5.77. The van der Waals surface area contributed by atoms with Crippen molar-refractivity contribution in [1.82, 2.24) is 0 Å². The topological polar surface area (TPSA) is 50.1 Å². The van der Waals surface area contributed by atoms with Gasteiger partial charge in [-0.2, -0.15) is 5.26 Å². The van der Waals surface area contributed by atoms with E-state index in [1.165, 1.54) is 0 Å². The molecule has 3 fully saturated rings. The Labute approximate surface area is 90.4 Å². The fourth-order valence-corrected chi connectivity index (χ4v) is 3.11. The van der Waals surface area contributed by atoms with Crippen LogP contribution in [0.4, 0.5) is 0 Å². The minimum atomic E-state index is -0.314. The fourth-order valence-electron chi connectivity index (χ4n) is 3.11. The van der Waals surface area contributed by atoms with Crippen LogP contribution in [-0.2, 0) is 9.53 Å². The molecule has 1 unspecified atom stereocenters. The van der Waals surface area contributed by atoms with Crippen molar-refractivity contribution in [2.75, 3.05) is 6.61 Å². The van der Waals surface area contributed by atoms with Gasteiger partial charge in [0.25, 0.3) is 0 Å². The van der Waals surface area contributed by atoms with E-state index in [9.17, 15) is 4.79 Å². The number of fused-ring (bicyclic) bond motifs is 3. The summed E-state index contributed by atoms with van der Waals surface area (Å²) in [6, 6.07) is 2.35. The molecule has 1 atom stereocenters. The summed E-state index contributed by atoms with van der Waals surface area (Å²) in [5.41, 5.74) is -0.314. The van der Waals surface area contributed by atoms with Crippen molar-refractivity contribution in [1.29, 1.82) is 5.26 Å². The number of nitrogens with zero attached hydrogens (tertiary/aromatic N) is 1. The zero-order valence-electron chi connectivity index (χ0n) is 9.16. The molecule has 82 valence electrons. The number of carbonyl (C=O) groups excluding carboxylic acids is 1. The van der Waals surface area contributed by atoms with Crippen molar-refractivity contribution < 1.29 is 9.53 Å². The van der Waals surface area contributed by atoms with Crippen molar-refractivity contribution >= 4 is 5.97 Å². The predicted octanol–water partition coefficient (Wildman–Crippen LogP) is 2.27. The summed E-state index contributed by atoms with van der Waals surface area (Å²) in [5, 5.41) is 9.04. The summed E-state index contributed by atoms with van der Waals surface area (Å²) in [6.45, 7) is 2.28. The molecule has 0 heterocycles. The second kappa shape index (κ2) is 3.84. The molecule has 3 saturated carbocycles. The van der Waals surface area contributed by atoms with Crippen molar-refractivity contribution in [3.8, 4) is 6.07 Å². The first kappa shape index (κ1) is 10.5. The van der Waals surface area contributed by atoms with Crippen LogP contribution in [0.3, 0.4) is 0 Å². The van der Waals surface area contributed by atoms with E-state index in [2.05, 4.69) is 6.07 Å². The Bertz CT molecular complexity index is 297. The number of esters is 1. The van der Waals surface area contributed by atoms with E-state index in [1.54, 1.807) is 0 Å². The lowest BCUT2D eigenvalue weighted by Gasteiger charge is -2.46. The molecule has 15 heavy (non-hydrogen) atoms. The smallest absolute Gasteiger partial charge is 0.312 e. The molecular weight excluding hydrogens is 190 g/mol. The number of ether oxygens (including phenoxy) is 1. The molecule has 3 rings (SSSR count). The van der Waals surface area contributed by atoms with Crippen molar-refractivity contribution in [3.63, 3.8) is 0 Å². The first-order valence-corrected chi connectivity index (χ1v) is 5.79. The van der Waals surface area contributed by atoms with Crippen molar-refractivity contribution in [3.05, 3.63) is 0 Å². The molecule has 3 aliphatic rings. The highest BCUT2D eigenvalue weighted by Gasteiger charge is 2.51. The molecule has 2 bridgehead atoms. The number of rotatable bonds is 2. The van der Waals surface area contributed by atoms with Gasteiger partial charge in [0.05, 0.1) is 24.0 Å². The van der Waals surface area contributed by atoms with E-state index in [0.717, 1.165) is 32.1 Å². The molecule has 3 nitrogen and oxygen atoms in total. The third-order valence-corrected chi connectivity index (χ3v) is 4.04. The average molecular weight is 207 g/mol. The minimum Gasteiger partial charge on any atom is -0.466 e. The van der Waals surface area contributed by atoms with Crippen LogP contribution in [0.5, 0.6) is 0 Å². The first-order chi connectivity index (χ1) is 7.22. The Morgan fingerprint density at radius 1 is 1.53 bits per heavy atom. The molecule has 3 aliphatic carbocycles. The van der Waals surface area contributed by atoms with Gasteiger partial charge >= 0.3 is 5.97 Å². The lowest BCUT2D eigenvalue weighted by Crippen LogP contribution is -2.45. The van der Waals surface area contributed by atoms with Crippen molar-refractivity contribution in [2.24, 2.45) is 17.3 Å². The van der Waals surface area contributed by atoms with Crippen LogP contribution in [0.25, 0.3) is 0 Å². The molecule has 0 spiro atoms. The Balaban J connectivity index is 2.14. The second-order valence-corrected chi connectivity index (χ2v) is 4.78. The van der Waals surface area contributed by atoms with E-state index >= 15 is 0 Å². The zero-order valence-corrected chi connectivity index (χ0v) is 9.16. The summed E-state index contributed by atoms with van der Waals surface area (Å²) in [7, 11) is 0. The van der Waals surface area contributed by atoms with Crippen LogP contribution in [0, 0.1) is 28.6 Å². The Morgan fingerprint density at radius 3 is 2.73 bits per heavy atom. The summed E-state index contributed by atoms with van der Waals surface area (Å²) >= 11 is 0. The molecule has 0 amide bonds. The van der Waals surface area contributed by atoms with Gasteiger partial charge in [-0.15, -0.1) is 0 Å². The number of hydrogen-bond acceptors (Lipinski definition) is 3. The van der Waals surface area contributed by atoms with Crippen LogP contribution < -0.4 is 0 Å². The Morgan fingerprint density at radius 2 is 2.20 bits per heavy atom. The van der Waals surface area contributed by atoms with Gasteiger partial charge in [0.2, 0.25) is 0 Å². The van der Waals surface area contributed by atoms with Crippen molar-refractivity contribution in [2.45, 2.75) is 39.0 Å². The quantitative estimate of drug-likeness (QED) is 0.653. The first-order valence-electron chi connectivity index (χ1n) is 5.79. The van der Waals surface area contributed by atoms with E-state index in [0.29, 0.717) is 12.5 Å². The summed E-state index contributed by atoms with van der Waals surface area (Å²) in [6.07, 6.45) is 4.63. The molecule has 0 saturated heterocycles. The van der Waals surface area contributed by atoms with E-state index in [4.69, 9.17) is 10.00 Å². The zero-order chi connectivity index (χ0) is 10.9. The molecule has 0 aromatic rings. The van der Waals surface area contributed by atoms with Crippen LogP contribution in [0.2, 0.25) is 0 Å². The third kappa shape index (κ3) is 1.62. The SMILES string of the molecule is CCOC(=O)C12CCC(CC1)C(C#N)C2. The molecule has 0 aliphatic heterocycles. The van der Waals surface area contributed by atoms with Gasteiger partial charge in [0.1, 0.15) is 0 Å². The number of hydrogen-bond donors (Lipinski definition) is 0. The van der Waals surface area contributed by atoms with E-state index in [-0.39, 0.29) is 17.3 Å². The Hall–Kier alpha value is -1.04. The maximum atomic E-state index is 11.9. The molecular formula is C12H17NO2. The molecule has 0 N–H and O–H groups in total. The highest BCUT2D eigenvalue weighted by Crippen LogP contribution is 2.53. The van der Waals surface area contributed by atoms with E-state index < -0.39 is 0 Å². The van der Waals surface area contributed by atoms with Gasteiger partial charge in [-0.1, -0.05) is 0 Å². The van der Waals surface area contributed by atoms with Gasteiger partial charge in [0.15, 0.2) is 0 Å². The monoisotopic (exact) mass is 207 g/mol. The fraction of sp³-hybridized carbons (Fsp3) is 0.833. The second-order valence-electron chi connectivity index (χ2n) is 4.78. The number of carbonyl (C=O) groups is 1. The summed E-state index contributed by atoms with van der Waals surface area (Å²) in [4.78, 5) is 11.9. The molecule has 0 aromatic heterocycles. The van der Waals surface area contributed by atoms with Crippen LogP contribution >= 0.6 is 0 Å². The summed E-state index contributed by atoms with van der Waals surface area (Å²) < 4.78 is 5.14. The maximum Gasteiger partial charge on any atom is 0.312 e. The van der Waals surface area contributed by atoms with Gasteiger partial charge < -0.3 is 4.74 Å². The normalized spacial score (nSPS) is 38.4. The molecule has 3 heteroatoms. The van der Waals surface area contributed by atoms with Crippen LogP contribution in [0.1, 0.15) is 39.0 Å². The predicted molar refractivity (Wildman–Crippen MR) is 54.7 cm³/mol. The molecule has 0 aromatic carbocycles. The largest absolute Gasteiger partial charge is 0.466 e. The highest BCUT2D eigenvalue weighted by atomic mass is 16.5. The Kier molecular flexibility index (Phi) is 2.68. The van der Waals surface area contributed by atoms with E-state index in [1.807, 2.05) is 6.92 Å². The molecule has 0 radical (unpaired) electrons. The van der Waals surface area contributed by atoms with Gasteiger partial charge in [0, 0.05) is 0 Å². The summed E-state index contributed by atoms with van der Waals surface area (Å²) in [5.74, 6) is 0.548. The van der Waals surface area contributed by atoms with Gasteiger partial charge in [-0.3, -0.25) is 4.79 Å². The van der Waals surface area contributed by atoms with Gasteiger partial charge in [-0.25, -0.2) is 0 Å². The minimum absolute atomic E-state index is 0.0663. The van der Waals surface area contributed by atoms with Crippen LogP contribution in [-0.4, -0.2) is 12.6 Å². The maximum absolute atomic E-state index is 11.9. The number of nitriles is 1. The van der Waals surface area contributed by atoms with Gasteiger partial charge in [-0.05, 0) is 44.9 Å². The van der Waals surface area contributed by atoms with Crippen LogP contribution in [0.15, 0.2) is 0 Å².